The molecule has 4 heteroatoms. The first-order valence-electron chi connectivity index (χ1n) is 9.55. The normalized spacial score (nSPS) is 38.2. The summed E-state index contributed by atoms with van der Waals surface area (Å²) in [5.41, 5.74) is 3.34. The molecule has 4 aliphatic rings. The van der Waals surface area contributed by atoms with Crippen LogP contribution >= 0.6 is 0 Å². The fraction of sp³-hybridized carbons (Fsp3) is 0.571. The SMILES string of the molecule is CC[C@]12CCCN3CC[C@]4(C=C(C(=O)OC)C1)c1ccccc1N[C@@]324. The topological polar surface area (TPSA) is 41.6 Å². The highest BCUT2D eigenvalue weighted by Crippen LogP contribution is 2.69. The summed E-state index contributed by atoms with van der Waals surface area (Å²) in [5.74, 6) is -0.149. The number of hydrogen-bond acceptors (Lipinski definition) is 4. The molecule has 132 valence electrons. The molecule has 1 aliphatic carbocycles. The Morgan fingerprint density at radius 2 is 2.12 bits per heavy atom. The Morgan fingerprint density at radius 3 is 2.92 bits per heavy atom. The molecule has 1 aromatic carbocycles. The van der Waals surface area contributed by atoms with Gasteiger partial charge in [-0.2, -0.15) is 0 Å². The average molecular weight is 338 g/mol. The van der Waals surface area contributed by atoms with Gasteiger partial charge in [0.2, 0.25) is 0 Å². The third-order valence-corrected chi connectivity index (χ3v) is 7.54. The molecule has 3 heterocycles. The maximum atomic E-state index is 12.5. The number of anilines is 1. The molecule has 5 rings (SSSR count). The Bertz CT molecular complexity index is 788. The van der Waals surface area contributed by atoms with Crippen LogP contribution < -0.4 is 5.32 Å². The Kier molecular flexibility index (Phi) is 3.01. The second-order valence-electron chi connectivity index (χ2n) is 8.16. The largest absolute Gasteiger partial charge is 0.466 e. The first kappa shape index (κ1) is 15.4. The number of piperidine rings is 1. The molecule has 0 amide bonds. The summed E-state index contributed by atoms with van der Waals surface area (Å²) in [6.45, 7) is 4.53. The van der Waals surface area contributed by atoms with E-state index in [1.54, 1.807) is 0 Å². The lowest BCUT2D eigenvalue weighted by Gasteiger charge is -2.62. The van der Waals surface area contributed by atoms with Crippen LogP contribution in [0.25, 0.3) is 0 Å². The number of fused-ring (bicyclic) bond motifs is 1. The fourth-order valence-electron chi connectivity index (χ4n) is 6.65. The lowest BCUT2D eigenvalue weighted by molar-refractivity contribution is -0.138. The summed E-state index contributed by atoms with van der Waals surface area (Å²) < 4.78 is 5.15. The smallest absolute Gasteiger partial charge is 0.333 e. The van der Waals surface area contributed by atoms with Crippen molar-refractivity contribution in [1.82, 2.24) is 4.90 Å². The number of esters is 1. The predicted octanol–water partition coefficient (Wildman–Crippen LogP) is 3.45. The molecule has 1 spiro atoms. The number of ether oxygens (including phenoxy) is 1. The first-order chi connectivity index (χ1) is 12.1. The summed E-state index contributed by atoms with van der Waals surface area (Å²) in [4.78, 5) is 15.2. The maximum Gasteiger partial charge on any atom is 0.333 e. The van der Waals surface area contributed by atoms with E-state index in [0.29, 0.717) is 0 Å². The summed E-state index contributed by atoms with van der Waals surface area (Å²) in [5, 5.41) is 4.00. The number of benzene rings is 1. The number of carbonyl (C=O) groups excluding carboxylic acids is 1. The van der Waals surface area contributed by atoms with Crippen molar-refractivity contribution in [1.29, 1.82) is 0 Å². The van der Waals surface area contributed by atoms with Crippen molar-refractivity contribution in [2.45, 2.75) is 50.1 Å². The van der Waals surface area contributed by atoms with Crippen molar-refractivity contribution in [3.05, 3.63) is 41.5 Å². The van der Waals surface area contributed by atoms with E-state index in [1.807, 2.05) is 0 Å². The lowest BCUT2D eigenvalue weighted by Crippen LogP contribution is -2.71. The minimum Gasteiger partial charge on any atom is -0.466 e. The van der Waals surface area contributed by atoms with Crippen molar-refractivity contribution in [2.24, 2.45) is 5.41 Å². The Labute approximate surface area is 149 Å². The van der Waals surface area contributed by atoms with Crippen molar-refractivity contribution in [3.63, 3.8) is 0 Å². The van der Waals surface area contributed by atoms with Gasteiger partial charge >= 0.3 is 5.97 Å². The highest BCUT2D eigenvalue weighted by Gasteiger charge is 2.73. The minimum absolute atomic E-state index is 0.0685. The van der Waals surface area contributed by atoms with Gasteiger partial charge in [0, 0.05) is 29.8 Å². The van der Waals surface area contributed by atoms with Gasteiger partial charge in [-0.3, -0.25) is 4.90 Å². The van der Waals surface area contributed by atoms with Crippen LogP contribution in [0.2, 0.25) is 0 Å². The Balaban J connectivity index is 1.83. The Hall–Kier alpha value is -1.81. The molecule has 0 saturated carbocycles. The van der Waals surface area contributed by atoms with Gasteiger partial charge in [0.15, 0.2) is 0 Å². The number of methoxy groups -OCH3 is 1. The van der Waals surface area contributed by atoms with E-state index in [0.717, 1.165) is 44.3 Å². The van der Waals surface area contributed by atoms with Crippen molar-refractivity contribution in [2.75, 3.05) is 25.5 Å². The van der Waals surface area contributed by atoms with Crippen LogP contribution in [0, 0.1) is 5.41 Å². The molecule has 3 atom stereocenters. The van der Waals surface area contributed by atoms with Gasteiger partial charge < -0.3 is 10.1 Å². The van der Waals surface area contributed by atoms with Gasteiger partial charge in [-0.15, -0.1) is 0 Å². The maximum absolute atomic E-state index is 12.5. The van der Waals surface area contributed by atoms with Gasteiger partial charge in [-0.05, 0) is 43.7 Å². The second-order valence-corrected chi connectivity index (χ2v) is 8.16. The zero-order valence-electron chi connectivity index (χ0n) is 15.1. The molecular weight excluding hydrogens is 312 g/mol. The second kappa shape index (κ2) is 4.88. The van der Waals surface area contributed by atoms with Gasteiger partial charge in [0.25, 0.3) is 0 Å². The molecule has 4 nitrogen and oxygen atoms in total. The van der Waals surface area contributed by atoms with Gasteiger partial charge in [-0.25, -0.2) is 4.79 Å². The number of nitrogens with one attached hydrogen (secondary N) is 1. The fourth-order valence-corrected chi connectivity index (χ4v) is 6.65. The summed E-state index contributed by atoms with van der Waals surface area (Å²) >= 11 is 0. The van der Waals surface area contributed by atoms with E-state index in [9.17, 15) is 4.79 Å². The van der Waals surface area contributed by atoms with E-state index in [-0.39, 0.29) is 22.5 Å². The molecule has 1 N–H and O–H groups in total. The zero-order chi connectivity index (χ0) is 17.3. The molecular formula is C21H26N2O2. The monoisotopic (exact) mass is 338 g/mol. The standard InChI is InChI=1S/C21H26N2O2/c1-3-19-9-6-11-23-12-10-20(14-15(13-19)18(24)25-2)16-7-4-5-8-17(16)22-21(19,20)23/h4-5,7-8,14,22H,3,6,9-13H2,1-2H3/t19-,20-,21+/m0/s1. The van der Waals surface area contributed by atoms with Gasteiger partial charge in [0.05, 0.1) is 12.5 Å². The third kappa shape index (κ3) is 1.56. The molecule has 1 aromatic rings. The van der Waals surface area contributed by atoms with Crippen molar-refractivity contribution in [3.8, 4) is 0 Å². The molecule has 0 unspecified atom stereocenters. The van der Waals surface area contributed by atoms with Gasteiger partial charge in [0.1, 0.15) is 5.66 Å². The molecule has 2 saturated heterocycles. The summed E-state index contributed by atoms with van der Waals surface area (Å²) in [6, 6.07) is 8.70. The van der Waals surface area contributed by atoms with Crippen LogP contribution in [0.4, 0.5) is 5.69 Å². The van der Waals surface area contributed by atoms with Crippen LogP contribution in [0.1, 0.15) is 44.6 Å². The van der Waals surface area contributed by atoms with Gasteiger partial charge in [-0.1, -0.05) is 31.2 Å². The molecule has 0 bridgehead atoms. The number of rotatable bonds is 2. The minimum atomic E-state index is -0.149. The van der Waals surface area contributed by atoms with Crippen LogP contribution in [-0.2, 0) is 14.9 Å². The molecule has 3 aliphatic heterocycles. The molecule has 25 heavy (non-hydrogen) atoms. The predicted molar refractivity (Wildman–Crippen MR) is 97.3 cm³/mol. The number of carbonyl (C=O) groups is 1. The van der Waals surface area contributed by atoms with Crippen molar-refractivity contribution >= 4 is 11.7 Å². The zero-order valence-corrected chi connectivity index (χ0v) is 15.1. The summed E-state index contributed by atoms with van der Waals surface area (Å²) in [7, 11) is 1.50. The molecule has 2 fully saturated rings. The highest BCUT2D eigenvalue weighted by molar-refractivity contribution is 5.90. The van der Waals surface area contributed by atoms with E-state index < -0.39 is 0 Å². The quantitative estimate of drug-likeness (QED) is 0.839. The van der Waals surface area contributed by atoms with Crippen LogP contribution in [-0.4, -0.2) is 36.7 Å². The average Bonchev–Trinajstić information content (AvgIpc) is 3.12. The van der Waals surface area contributed by atoms with E-state index in [4.69, 9.17) is 4.74 Å². The number of para-hydroxylation sites is 1. The van der Waals surface area contributed by atoms with Crippen LogP contribution in [0.3, 0.4) is 0 Å². The molecule has 0 aromatic heterocycles. The van der Waals surface area contributed by atoms with Crippen LogP contribution in [0.15, 0.2) is 35.9 Å². The van der Waals surface area contributed by atoms with E-state index in [1.165, 1.54) is 24.8 Å². The first-order valence-corrected chi connectivity index (χ1v) is 9.55. The number of hydrogen-bond donors (Lipinski definition) is 1. The highest BCUT2D eigenvalue weighted by atomic mass is 16.5. The lowest BCUT2D eigenvalue weighted by atomic mass is 9.51. The third-order valence-electron chi connectivity index (χ3n) is 7.54. The summed E-state index contributed by atoms with van der Waals surface area (Å²) in [6.07, 6.45) is 7.60. The van der Waals surface area contributed by atoms with Crippen LogP contribution in [0.5, 0.6) is 0 Å². The van der Waals surface area contributed by atoms with E-state index >= 15 is 0 Å². The Morgan fingerprint density at radius 1 is 1.28 bits per heavy atom. The van der Waals surface area contributed by atoms with E-state index in [2.05, 4.69) is 47.5 Å². The van der Waals surface area contributed by atoms with Crippen molar-refractivity contribution < 1.29 is 9.53 Å². The molecule has 0 radical (unpaired) electrons. The number of nitrogens with zero attached hydrogens (tertiary/aromatic N) is 1.